The van der Waals surface area contributed by atoms with Gasteiger partial charge in [-0.2, -0.15) is 0 Å². The van der Waals surface area contributed by atoms with E-state index in [0.717, 1.165) is 24.1 Å². The Hall–Kier alpha value is -1.80. The highest BCUT2D eigenvalue weighted by Crippen LogP contribution is 2.34. The van der Waals surface area contributed by atoms with E-state index in [4.69, 9.17) is 0 Å². The van der Waals surface area contributed by atoms with Gasteiger partial charge in [0.15, 0.2) is 0 Å². The predicted molar refractivity (Wildman–Crippen MR) is 103 cm³/mol. The molecule has 2 rings (SSSR count). The molecule has 0 radical (unpaired) electrons. The van der Waals surface area contributed by atoms with Gasteiger partial charge < -0.3 is 5.11 Å². The molecule has 2 aromatic rings. The van der Waals surface area contributed by atoms with Crippen molar-refractivity contribution >= 4 is 0 Å². The quantitative estimate of drug-likeness (QED) is 0.742. The van der Waals surface area contributed by atoms with Crippen molar-refractivity contribution in [3.8, 4) is 5.75 Å². The maximum absolute atomic E-state index is 10.5. The van der Waals surface area contributed by atoms with Crippen molar-refractivity contribution in [2.75, 3.05) is 6.54 Å². The van der Waals surface area contributed by atoms with Crippen LogP contribution in [0.25, 0.3) is 0 Å². The molecule has 24 heavy (non-hydrogen) atoms. The molecule has 130 valence electrons. The van der Waals surface area contributed by atoms with Crippen molar-refractivity contribution in [1.29, 1.82) is 0 Å². The second kappa shape index (κ2) is 8.34. The van der Waals surface area contributed by atoms with E-state index in [1.165, 1.54) is 5.56 Å². The number of aromatic hydroxyl groups is 1. The maximum atomic E-state index is 10.5. The third-order valence-electron chi connectivity index (χ3n) is 4.77. The molecule has 2 nitrogen and oxygen atoms in total. The zero-order valence-corrected chi connectivity index (χ0v) is 15.7. The minimum atomic E-state index is 0.215. The van der Waals surface area contributed by atoms with Crippen LogP contribution in [0.15, 0.2) is 48.5 Å². The van der Waals surface area contributed by atoms with Gasteiger partial charge in [0, 0.05) is 23.6 Å². The average molecular weight is 325 g/mol. The van der Waals surface area contributed by atoms with Gasteiger partial charge in [-0.1, -0.05) is 42.5 Å². The number of hydrogen-bond acceptors (Lipinski definition) is 2. The van der Waals surface area contributed by atoms with Crippen LogP contribution < -0.4 is 0 Å². The van der Waals surface area contributed by atoms with Gasteiger partial charge in [-0.25, -0.2) is 0 Å². The first-order chi connectivity index (χ1) is 11.4. The molecule has 0 saturated carbocycles. The number of benzene rings is 2. The maximum Gasteiger partial charge on any atom is 0.119 e. The van der Waals surface area contributed by atoms with E-state index >= 15 is 0 Å². The van der Waals surface area contributed by atoms with Crippen molar-refractivity contribution < 1.29 is 5.11 Å². The van der Waals surface area contributed by atoms with E-state index in [2.05, 4.69) is 69.0 Å². The molecule has 0 bridgehead atoms. The van der Waals surface area contributed by atoms with Gasteiger partial charge in [0.05, 0.1) is 0 Å². The predicted octanol–water partition coefficient (Wildman–Crippen LogP) is 5.34. The minimum Gasteiger partial charge on any atom is -0.508 e. The topological polar surface area (TPSA) is 23.5 Å². The van der Waals surface area contributed by atoms with Crippen LogP contribution in [0, 0.1) is 6.92 Å². The highest BCUT2D eigenvalue weighted by Gasteiger charge is 2.21. The monoisotopic (exact) mass is 325 g/mol. The molecule has 0 aliphatic heterocycles. The van der Waals surface area contributed by atoms with E-state index in [0.29, 0.717) is 17.8 Å². The van der Waals surface area contributed by atoms with Crippen LogP contribution in [-0.2, 0) is 0 Å². The molecule has 0 aliphatic rings. The molecular formula is C22H31NO. The van der Waals surface area contributed by atoms with Crippen molar-refractivity contribution in [3.05, 3.63) is 65.2 Å². The Morgan fingerprint density at radius 1 is 0.917 bits per heavy atom. The summed E-state index contributed by atoms with van der Waals surface area (Å²) >= 11 is 0. The molecule has 0 heterocycles. The lowest BCUT2D eigenvalue weighted by atomic mass is 9.87. The van der Waals surface area contributed by atoms with Crippen molar-refractivity contribution in [1.82, 2.24) is 4.90 Å². The minimum absolute atomic E-state index is 0.215. The summed E-state index contributed by atoms with van der Waals surface area (Å²) in [7, 11) is 0. The average Bonchev–Trinajstić information content (AvgIpc) is 2.52. The first-order valence-corrected chi connectivity index (χ1v) is 9.00. The summed E-state index contributed by atoms with van der Waals surface area (Å²) in [5.74, 6) is 0.622. The van der Waals surface area contributed by atoms with E-state index in [1.807, 2.05) is 19.1 Å². The summed E-state index contributed by atoms with van der Waals surface area (Å²) < 4.78 is 0. The van der Waals surface area contributed by atoms with Crippen LogP contribution in [0.2, 0.25) is 0 Å². The lowest BCUT2D eigenvalue weighted by molar-refractivity contribution is 0.170. The fraction of sp³-hybridized carbons (Fsp3) is 0.455. The Morgan fingerprint density at radius 3 is 2.08 bits per heavy atom. The summed E-state index contributed by atoms with van der Waals surface area (Å²) in [5, 5.41) is 10.5. The van der Waals surface area contributed by atoms with E-state index in [1.54, 1.807) is 0 Å². The van der Waals surface area contributed by atoms with Crippen molar-refractivity contribution in [2.24, 2.45) is 0 Å². The molecule has 0 spiro atoms. The summed E-state index contributed by atoms with van der Waals surface area (Å²) in [4.78, 5) is 2.52. The zero-order chi connectivity index (χ0) is 17.7. The molecule has 0 saturated heterocycles. The molecule has 0 aromatic heterocycles. The first kappa shape index (κ1) is 18.5. The van der Waals surface area contributed by atoms with Gasteiger partial charge in [-0.05, 0) is 64.8 Å². The summed E-state index contributed by atoms with van der Waals surface area (Å²) in [6.45, 7) is 12.0. The van der Waals surface area contributed by atoms with E-state index in [9.17, 15) is 5.11 Å². The fourth-order valence-electron chi connectivity index (χ4n) is 3.53. The lowest BCUT2D eigenvalue weighted by Crippen LogP contribution is -2.38. The second-order valence-electron chi connectivity index (χ2n) is 7.24. The fourth-order valence-corrected chi connectivity index (χ4v) is 3.53. The van der Waals surface area contributed by atoms with E-state index in [-0.39, 0.29) is 5.92 Å². The molecular weight excluding hydrogens is 294 g/mol. The molecule has 1 atom stereocenters. The summed E-state index contributed by atoms with van der Waals surface area (Å²) in [6, 6.07) is 17.6. The van der Waals surface area contributed by atoms with Gasteiger partial charge in [-0.3, -0.25) is 4.90 Å². The number of phenols is 1. The largest absolute Gasteiger partial charge is 0.508 e. The molecule has 2 heteroatoms. The Labute approximate surface area is 147 Å². The van der Waals surface area contributed by atoms with Gasteiger partial charge in [0.1, 0.15) is 5.75 Å². The van der Waals surface area contributed by atoms with Crippen LogP contribution >= 0.6 is 0 Å². The van der Waals surface area contributed by atoms with Gasteiger partial charge in [0.25, 0.3) is 0 Å². The molecule has 0 aliphatic carbocycles. The van der Waals surface area contributed by atoms with Gasteiger partial charge in [0.2, 0.25) is 0 Å². The third kappa shape index (κ3) is 4.61. The van der Waals surface area contributed by atoms with Crippen LogP contribution in [0.1, 0.15) is 56.7 Å². The normalized spacial score (nSPS) is 13.0. The highest BCUT2D eigenvalue weighted by atomic mass is 16.3. The zero-order valence-electron chi connectivity index (χ0n) is 15.7. The lowest BCUT2D eigenvalue weighted by Gasteiger charge is -2.32. The molecule has 0 amide bonds. The molecule has 1 N–H and O–H groups in total. The number of phenolic OH excluding ortho intramolecular Hbond substituents is 1. The number of hydrogen-bond donors (Lipinski definition) is 1. The Morgan fingerprint density at radius 2 is 1.54 bits per heavy atom. The standard InChI is InChI=1S/C22H31NO/c1-16(2)23(17(3)4)14-13-20(19-9-7-6-8-10-19)21-12-11-18(5)15-22(21)24/h6-12,15-17,20,24H,13-14H2,1-5H3. The highest BCUT2D eigenvalue weighted by molar-refractivity contribution is 5.43. The molecule has 1 unspecified atom stereocenters. The van der Waals surface area contributed by atoms with Gasteiger partial charge in [-0.15, -0.1) is 0 Å². The molecule has 2 aromatic carbocycles. The number of rotatable bonds is 7. The SMILES string of the molecule is Cc1ccc(C(CCN(C(C)C)C(C)C)c2ccccc2)c(O)c1. The first-order valence-electron chi connectivity index (χ1n) is 9.00. The van der Waals surface area contributed by atoms with Gasteiger partial charge >= 0.3 is 0 Å². The van der Waals surface area contributed by atoms with Crippen LogP contribution in [-0.4, -0.2) is 28.6 Å². The van der Waals surface area contributed by atoms with Crippen LogP contribution in [0.3, 0.4) is 0 Å². The van der Waals surface area contributed by atoms with Crippen molar-refractivity contribution in [2.45, 2.75) is 59.0 Å². The number of aryl methyl sites for hydroxylation is 1. The molecule has 0 fully saturated rings. The van der Waals surface area contributed by atoms with Crippen LogP contribution in [0.4, 0.5) is 0 Å². The smallest absolute Gasteiger partial charge is 0.119 e. The Bertz CT molecular complexity index is 626. The second-order valence-corrected chi connectivity index (χ2v) is 7.24. The number of nitrogens with zero attached hydrogens (tertiary/aromatic N) is 1. The summed E-state index contributed by atoms with van der Waals surface area (Å²) in [5.41, 5.74) is 3.39. The van der Waals surface area contributed by atoms with Crippen molar-refractivity contribution in [3.63, 3.8) is 0 Å². The van der Waals surface area contributed by atoms with E-state index < -0.39 is 0 Å². The van der Waals surface area contributed by atoms with Crippen LogP contribution in [0.5, 0.6) is 5.75 Å². The third-order valence-corrected chi connectivity index (χ3v) is 4.77. The Kier molecular flexibility index (Phi) is 6.44. The summed E-state index contributed by atoms with van der Waals surface area (Å²) in [6.07, 6.45) is 0.997. The Balaban J connectivity index is 2.30.